The monoisotopic (exact) mass is 372 g/mol. The lowest BCUT2D eigenvalue weighted by atomic mass is 10.2. The maximum Gasteiger partial charge on any atom is 0.414 e. The fourth-order valence-electron chi connectivity index (χ4n) is 2.45. The fourth-order valence-corrected chi connectivity index (χ4v) is 3.62. The van der Waals surface area contributed by atoms with E-state index >= 15 is 0 Å². The number of nitrogens with one attached hydrogen (secondary N) is 1. The smallest absolute Gasteiger partial charge is 0.414 e. The van der Waals surface area contributed by atoms with Gasteiger partial charge in [-0.05, 0) is 30.0 Å². The third-order valence-electron chi connectivity index (χ3n) is 3.53. The molecule has 1 N–H and O–H groups in total. The highest BCUT2D eigenvalue weighted by Crippen LogP contribution is 2.35. The minimum atomic E-state index is -3.50. The van der Waals surface area contributed by atoms with Crippen LogP contribution in [-0.2, 0) is 23.8 Å². The Bertz CT molecular complexity index is 779. The molecule has 0 unspecified atom stereocenters. The van der Waals surface area contributed by atoms with Gasteiger partial charge in [0.1, 0.15) is 6.10 Å². The van der Waals surface area contributed by atoms with Crippen molar-refractivity contribution in [1.29, 1.82) is 0 Å². The van der Waals surface area contributed by atoms with E-state index in [9.17, 15) is 18.0 Å². The van der Waals surface area contributed by atoms with E-state index < -0.39 is 22.3 Å². The van der Waals surface area contributed by atoms with Gasteiger partial charge in [-0.1, -0.05) is 0 Å². The largest absolute Gasteiger partial charge is 0.444 e. The third-order valence-corrected chi connectivity index (χ3v) is 5.08. The van der Waals surface area contributed by atoms with Gasteiger partial charge in [-0.3, -0.25) is 13.9 Å². The summed E-state index contributed by atoms with van der Waals surface area (Å²) in [4.78, 5) is 25.7. The summed E-state index contributed by atoms with van der Waals surface area (Å²) in [6.07, 6.45) is 0.351. The number of rotatable bonds is 5. The molecular formula is C14H16N2O6S2. The van der Waals surface area contributed by atoms with Crippen LogP contribution in [0.2, 0.25) is 0 Å². The number of nitrogens with zero attached hydrogens (tertiary/aromatic N) is 1. The minimum absolute atomic E-state index is 0.0326. The number of hydrogen-bond acceptors (Lipinski definition) is 8. The molecule has 8 nitrogen and oxygen atoms in total. The number of thioether (sulfide) groups is 1. The van der Waals surface area contributed by atoms with Crippen LogP contribution in [0.1, 0.15) is 6.42 Å². The standard InChI is InChI=1S/C14H16N2O6S2/c1-24(19,20)21-5-4-10-8-16(14(18)22-10)9-2-3-12-11(6-9)15-7-13(17)23-12/h2-3,6,10,15H,4-5,7-8H2,1H3/t10-/m1/s1. The van der Waals surface area contributed by atoms with Crippen molar-refractivity contribution in [2.24, 2.45) is 0 Å². The van der Waals surface area contributed by atoms with E-state index in [4.69, 9.17) is 4.74 Å². The van der Waals surface area contributed by atoms with Gasteiger partial charge in [-0.25, -0.2) is 4.79 Å². The van der Waals surface area contributed by atoms with E-state index in [0.717, 1.165) is 16.8 Å². The van der Waals surface area contributed by atoms with Crippen molar-refractivity contribution in [3.8, 4) is 0 Å². The topological polar surface area (TPSA) is 102 Å². The van der Waals surface area contributed by atoms with Crippen LogP contribution in [0.3, 0.4) is 0 Å². The van der Waals surface area contributed by atoms with Gasteiger partial charge in [0.2, 0.25) is 5.12 Å². The molecule has 2 aliphatic rings. The Morgan fingerprint density at radius 3 is 2.96 bits per heavy atom. The molecule has 2 aliphatic heterocycles. The number of benzene rings is 1. The maximum absolute atomic E-state index is 12.0. The second-order valence-corrected chi connectivity index (χ2v) is 8.18. The van der Waals surface area contributed by atoms with Crippen LogP contribution >= 0.6 is 11.8 Å². The first kappa shape index (κ1) is 17.1. The Morgan fingerprint density at radius 2 is 2.21 bits per heavy atom. The van der Waals surface area contributed by atoms with Gasteiger partial charge in [-0.15, -0.1) is 0 Å². The summed E-state index contributed by atoms with van der Waals surface area (Å²) in [7, 11) is -3.50. The Balaban J connectivity index is 1.65. The number of cyclic esters (lactones) is 1. The number of ether oxygens (including phenoxy) is 1. The third kappa shape index (κ3) is 4.00. The maximum atomic E-state index is 12.0. The first-order valence-electron chi connectivity index (χ1n) is 7.23. The molecule has 1 fully saturated rings. The summed E-state index contributed by atoms with van der Waals surface area (Å²) in [5, 5.41) is 3.06. The van der Waals surface area contributed by atoms with E-state index in [0.29, 0.717) is 18.7 Å². The van der Waals surface area contributed by atoms with Crippen molar-refractivity contribution in [1.82, 2.24) is 0 Å². The second kappa shape index (κ2) is 6.61. The highest BCUT2D eigenvalue weighted by Gasteiger charge is 2.33. The van der Waals surface area contributed by atoms with Gasteiger partial charge in [-0.2, -0.15) is 8.42 Å². The SMILES string of the molecule is CS(=O)(=O)OCC[C@@H]1CN(c2ccc3c(c2)NCC(=O)S3)C(=O)O1. The van der Waals surface area contributed by atoms with Gasteiger partial charge in [0.25, 0.3) is 10.1 Å². The molecule has 0 aromatic heterocycles. The molecule has 0 saturated carbocycles. The van der Waals surface area contributed by atoms with E-state index in [-0.39, 0.29) is 18.3 Å². The molecule has 0 aliphatic carbocycles. The quantitative estimate of drug-likeness (QED) is 0.775. The molecular weight excluding hydrogens is 356 g/mol. The Kier molecular flexibility index (Phi) is 4.70. The molecule has 1 aromatic rings. The number of amides is 1. The zero-order valence-corrected chi connectivity index (χ0v) is 14.5. The van der Waals surface area contributed by atoms with Gasteiger partial charge >= 0.3 is 6.09 Å². The summed E-state index contributed by atoms with van der Waals surface area (Å²) in [5.41, 5.74) is 1.46. The molecule has 10 heteroatoms. The molecule has 0 spiro atoms. The van der Waals surface area contributed by atoms with Crippen LogP contribution in [0.4, 0.5) is 16.2 Å². The average molecular weight is 372 g/mol. The van der Waals surface area contributed by atoms with Crippen LogP contribution in [0.25, 0.3) is 0 Å². The molecule has 1 amide bonds. The Hall–Kier alpha value is -1.78. The van der Waals surface area contributed by atoms with Crippen LogP contribution in [-0.4, -0.2) is 51.7 Å². The van der Waals surface area contributed by atoms with Crippen molar-refractivity contribution < 1.29 is 26.9 Å². The van der Waals surface area contributed by atoms with E-state index in [1.165, 1.54) is 16.7 Å². The van der Waals surface area contributed by atoms with Crippen molar-refractivity contribution in [2.45, 2.75) is 17.4 Å². The Labute approximate surface area is 143 Å². The molecule has 1 saturated heterocycles. The van der Waals surface area contributed by atoms with Crippen LogP contribution < -0.4 is 10.2 Å². The summed E-state index contributed by atoms with van der Waals surface area (Å²) < 4.78 is 31.8. The molecule has 0 radical (unpaired) electrons. The minimum Gasteiger partial charge on any atom is -0.444 e. The number of carbonyl (C=O) groups excluding carboxylic acids is 2. The van der Waals surface area contributed by atoms with E-state index in [1.54, 1.807) is 18.2 Å². The van der Waals surface area contributed by atoms with Gasteiger partial charge < -0.3 is 10.1 Å². The van der Waals surface area contributed by atoms with Crippen molar-refractivity contribution in [3.05, 3.63) is 18.2 Å². The highest BCUT2D eigenvalue weighted by atomic mass is 32.2. The summed E-state index contributed by atoms with van der Waals surface area (Å²) in [5.74, 6) is 0. The lowest BCUT2D eigenvalue weighted by Gasteiger charge is -2.20. The molecule has 130 valence electrons. The number of hydrogen-bond donors (Lipinski definition) is 1. The van der Waals surface area contributed by atoms with Crippen LogP contribution in [0, 0.1) is 0 Å². The molecule has 24 heavy (non-hydrogen) atoms. The molecule has 0 bridgehead atoms. The summed E-state index contributed by atoms with van der Waals surface area (Å²) in [6, 6.07) is 5.33. The first-order chi connectivity index (χ1) is 11.3. The lowest BCUT2D eigenvalue weighted by molar-refractivity contribution is -0.109. The summed E-state index contributed by atoms with van der Waals surface area (Å²) in [6.45, 7) is 0.531. The molecule has 1 aromatic carbocycles. The van der Waals surface area contributed by atoms with E-state index in [2.05, 4.69) is 9.50 Å². The molecule has 3 rings (SSSR count). The van der Waals surface area contributed by atoms with Gasteiger partial charge in [0.15, 0.2) is 0 Å². The zero-order valence-electron chi connectivity index (χ0n) is 12.9. The molecule has 2 heterocycles. The van der Waals surface area contributed by atoms with Crippen molar-refractivity contribution >= 4 is 44.5 Å². The Morgan fingerprint density at radius 1 is 1.42 bits per heavy atom. The van der Waals surface area contributed by atoms with Gasteiger partial charge in [0, 0.05) is 17.0 Å². The zero-order chi connectivity index (χ0) is 17.3. The van der Waals surface area contributed by atoms with Gasteiger partial charge in [0.05, 0.1) is 31.6 Å². The van der Waals surface area contributed by atoms with Crippen LogP contribution in [0.15, 0.2) is 23.1 Å². The predicted octanol–water partition coefficient (Wildman–Crippen LogP) is 1.42. The normalized spacial score (nSPS) is 20.5. The average Bonchev–Trinajstić information content (AvgIpc) is 2.86. The predicted molar refractivity (Wildman–Crippen MR) is 88.8 cm³/mol. The van der Waals surface area contributed by atoms with Crippen molar-refractivity contribution in [3.63, 3.8) is 0 Å². The molecule has 1 atom stereocenters. The fraction of sp³-hybridized carbons (Fsp3) is 0.429. The number of carbonyl (C=O) groups is 2. The highest BCUT2D eigenvalue weighted by molar-refractivity contribution is 8.14. The first-order valence-corrected chi connectivity index (χ1v) is 9.86. The second-order valence-electron chi connectivity index (χ2n) is 5.44. The number of fused-ring (bicyclic) bond motifs is 1. The van der Waals surface area contributed by atoms with E-state index in [1.807, 2.05) is 0 Å². The summed E-state index contributed by atoms with van der Waals surface area (Å²) >= 11 is 1.17. The van der Waals surface area contributed by atoms with Crippen molar-refractivity contribution in [2.75, 3.05) is 36.2 Å². The lowest BCUT2D eigenvalue weighted by Crippen LogP contribution is -2.25. The van der Waals surface area contributed by atoms with Crippen LogP contribution in [0.5, 0.6) is 0 Å². The number of anilines is 2.